The Morgan fingerprint density at radius 3 is 2.87 bits per heavy atom. The lowest BCUT2D eigenvalue weighted by molar-refractivity contribution is 0.105. The largest absolute Gasteiger partial charge is 0.395 e. The highest BCUT2D eigenvalue weighted by molar-refractivity contribution is 7.12. The molecule has 0 aliphatic heterocycles. The maximum Gasteiger partial charge on any atom is 0.193 e. The minimum Gasteiger partial charge on any atom is -0.395 e. The zero-order valence-corrected chi connectivity index (χ0v) is 14.8. The van der Waals surface area contributed by atoms with Crippen molar-refractivity contribution in [3.05, 3.63) is 58.0 Å². The third-order valence-electron chi connectivity index (χ3n) is 3.99. The fourth-order valence-corrected chi connectivity index (χ4v) is 4.03. The number of rotatable bonds is 8. The topological polar surface area (TPSA) is 41.3 Å². The molecule has 0 bridgehead atoms. The standard InChI is InChI=1S/C17H21N3OS2/c1-2-15(12-21)19(10-14-5-8-22-13-14)11-16-4-3-7-20(16)17-18-6-9-23-17/h3-9,13,15,21H,2,10-12H2,1H3/t15-/m0/s1. The molecular weight excluding hydrogens is 326 g/mol. The quantitative estimate of drug-likeness (QED) is 0.674. The molecule has 0 amide bonds. The van der Waals surface area contributed by atoms with E-state index in [0.717, 1.165) is 24.6 Å². The molecule has 3 aromatic heterocycles. The minimum atomic E-state index is 0.162. The van der Waals surface area contributed by atoms with Crippen LogP contribution in [-0.4, -0.2) is 32.2 Å². The van der Waals surface area contributed by atoms with Crippen LogP contribution in [-0.2, 0) is 13.1 Å². The van der Waals surface area contributed by atoms with E-state index in [2.05, 4.69) is 56.5 Å². The van der Waals surface area contributed by atoms with Crippen LogP contribution in [0.5, 0.6) is 0 Å². The van der Waals surface area contributed by atoms with Crippen molar-refractivity contribution in [1.29, 1.82) is 0 Å². The lowest BCUT2D eigenvalue weighted by Crippen LogP contribution is -2.37. The Labute approximate surface area is 144 Å². The second-order valence-corrected chi connectivity index (χ2v) is 7.12. The second-order valence-electron chi connectivity index (χ2n) is 5.47. The van der Waals surface area contributed by atoms with Crippen LogP contribution < -0.4 is 0 Å². The number of hydrogen-bond donors (Lipinski definition) is 1. The van der Waals surface area contributed by atoms with Crippen molar-refractivity contribution in [2.24, 2.45) is 0 Å². The number of thiophene rings is 1. The van der Waals surface area contributed by atoms with E-state index in [1.807, 2.05) is 11.6 Å². The predicted octanol–water partition coefficient (Wildman–Crippen LogP) is 3.77. The summed E-state index contributed by atoms with van der Waals surface area (Å²) in [5, 5.41) is 17.0. The molecule has 0 unspecified atom stereocenters. The fraction of sp³-hybridized carbons (Fsp3) is 0.353. The van der Waals surface area contributed by atoms with Gasteiger partial charge in [-0.3, -0.25) is 9.47 Å². The average Bonchev–Trinajstić information content (AvgIpc) is 3.30. The van der Waals surface area contributed by atoms with E-state index in [1.165, 1.54) is 11.3 Å². The molecule has 3 aromatic rings. The number of aliphatic hydroxyl groups excluding tert-OH is 1. The molecule has 3 heterocycles. The first kappa shape index (κ1) is 16.4. The molecule has 23 heavy (non-hydrogen) atoms. The summed E-state index contributed by atoms with van der Waals surface area (Å²) in [6, 6.07) is 6.50. The first-order valence-electron chi connectivity index (χ1n) is 7.74. The maximum atomic E-state index is 9.75. The smallest absolute Gasteiger partial charge is 0.193 e. The third-order valence-corrected chi connectivity index (χ3v) is 5.49. The first-order valence-corrected chi connectivity index (χ1v) is 9.56. The summed E-state index contributed by atoms with van der Waals surface area (Å²) in [6.07, 6.45) is 4.81. The number of hydrogen-bond acceptors (Lipinski definition) is 5. The highest BCUT2D eigenvalue weighted by atomic mass is 32.1. The molecule has 0 fully saturated rings. The second kappa shape index (κ2) is 7.88. The maximum absolute atomic E-state index is 9.75. The summed E-state index contributed by atoms with van der Waals surface area (Å²) in [4.78, 5) is 6.75. The highest BCUT2D eigenvalue weighted by Gasteiger charge is 2.19. The van der Waals surface area contributed by atoms with Crippen molar-refractivity contribution in [3.63, 3.8) is 0 Å². The van der Waals surface area contributed by atoms with E-state index >= 15 is 0 Å². The van der Waals surface area contributed by atoms with E-state index in [1.54, 1.807) is 22.7 Å². The van der Waals surface area contributed by atoms with Crippen molar-refractivity contribution in [3.8, 4) is 5.13 Å². The molecule has 0 radical (unpaired) electrons. The summed E-state index contributed by atoms with van der Waals surface area (Å²) in [5.41, 5.74) is 2.50. The van der Waals surface area contributed by atoms with Gasteiger partial charge in [-0.25, -0.2) is 4.98 Å². The summed E-state index contributed by atoms with van der Waals surface area (Å²) in [6.45, 7) is 3.95. The van der Waals surface area contributed by atoms with Gasteiger partial charge in [0.2, 0.25) is 0 Å². The van der Waals surface area contributed by atoms with Gasteiger partial charge in [-0.05, 0) is 40.9 Å². The predicted molar refractivity (Wildman–Crippen MR) is 96.2 cm³/mol. The van der Waals surface area contributed by atoms with Crippen molar-refractivity contribution < 1.29 is 5.11 Å². The molecule has 1 atom stereocenters. The van der Waals surface area contributed by atoms with E-state index in [0.29, 0.717) is 0 Å². The summed E-state index contributed by atoms with van der Waals surface area (Å²) in [5.74, 6) is 0. The SMILES string of the molecule is CC[C@@H](CO)N(Cc1ccsc1)Cc1cccn1-c1nccs1. The Hall–Kier alpha value is -1.47. The Morgan fingerprint density at radius 1 is 1.30 bits per heavy atom. The van der Waals surface area contributed by atoms with Crippen LogP contribution >= 0.6 is 22.7 Å². The van der Waals surface area contributed by atoms with Gasteiger partial charge in [-0.2, -0.15) is 11.3 Å². The van der Waals surface area contributed by atoms with Crippen LogP contribution in [0.25, 0.3) is 5.13 Å². The molecule has 0 aliphatic carbocycles. The van der Waals surface area contributed by atoms with Crippen LogP contribution in [0, 0.1) is 0 Å². The lowest BCUT2D eigenvalue weighted by Gasteiger charge is -2.29. The van der Waals surface area contributed by atoms with E-state index in [9.17, 15) is 5.11 Å². The number of thiazole rings is 1. The van der Waals surface area contributed by atoms with Gasteiger partial charge >= 0.3 is 0 Å². The van der Waals surface area contributed by atoms with Crippen molar-refractivity contribution >= 4 is 22.7 Å². The third kappa shape index (κ3) is 3.90. The number of nitrogens with zero attached hydrogens (tertiary/aromatic N) is 3. The monoisotopic (exact) mass is 347 g/mol. The molecule has 1 N–H and O–H groups in total. The van der Waals surface area contributed by atoms with Gasteiger partial charge in [0.15, 0.2) is 5.13 Å². The zero-order valence-electron chi connectivity index (χ0n) is 13.1. The van der Waals surface area contributed by atoms with Gasteiger partial charge in [0, 0.05) is 42.6 Å². The highest BCUT2D eigenvalue weighted by Crippen LogP contribution is 2.20. The first-order chi connectivity index (χ1) is 11.3. The van der Waals surface area contributed by atoms with Crippen molar-refractivity contribution in [2.75, 3.05) is 6.61 Å². The van der Waals surface area contributed by atoms with Crippen LogP contribution in [0.3, 0.4) is 0 Å². The summed E-state index contributed by atoms with van der Waals surface area (Å²) < 4.78 is 2.13. The molecule has 3 rings (SSSR count). The number of aliphatic hydroxyl groups is 1. The van der Waals surface area contributed by atoms with E-state index in [-0.39, 0.29) is 12.6 Å². The lowest BCUT2D eigenvalue weighted by atomic mass is 10.1. The average molecular weight is 348 g/mol. The fourth-order valence-electron chi connectivity index (χ4n) is 2.71. The van der Waals surface area contributed by atoms with Gasteiger partial charge < -0.3 is 5.11 Å². The molecular formula is C17H21N3OS2. The Bertz CT molecular complexity index is 687. The Kier molecular flexibility index (Phi) is 5.61. The van der Waals surface area contributed by atoms with E-state index in [4.69, 9.17) is 0 Å². The Morgan fingerprint density at radius 2 is 2.22 bits per heavy atom. The Balaban J connectivity index is 1.82. The normalized spacial score (nSPS) is 12.8. The van der Waals surface area contributed by atoms with Crippen molar-refractivity contribution in [2.45, 2.75) is 32.5 Å². The molecule has 0 aliphatic rings. The molecule has 0 saturated carbocycles. The van der Waals surface area contributed by atoms with Gasteiger partial charge in [0.05, 0.1) is 6.61 Å². The molecule has 122 valence electrons. The molecule has 6 heteroatoms. The zero-order chi connectivity index (χ0) is 16.1. The van der Waals surface area contributed by atoms with Gasteiger partial charge in [0.25, 0.3) is 0 Å². The molecule has 0 saturated heterocycles. The molecule has 4 nitrogen and oxygen atoms in total. The van der Waals surface area contributed by atoms with Gasteiger partial charge in [-0.15, -0.1) is 11.3 Å². The van der Waals surface area contributed by atoms with E-state index < -0.39 is 0 Å². The van der Waals surface area contributed by atoms with Crippen LogP contribution in [0.1, 0.15) is 24.6 Å². The van der Waals surface area contributed by atoms with Gasteiger partial charge in [-0.1, -0.05) is 6.92 Å². The number of aromatic nitrogens is 2. The van der Waals surface area contributed by atoms with Crippen LogP contribution in [0.2, 0.25) is 0 Å². The minimum absolute atomic E-state index is 0.162. The molecule has 0 aromatic carbocycles. The summed E-state index contributed by atoms with van der Waals surface area (Å²) >= 11 is 3.35. The van der Waals surface area contributed by atoms with Crippen LogP contribution in [0.4, 0.5) is 0 Å². The molecule has 0 spiro atoms. The van der Waals surface area contributed by atoms with Gasteiger partial charge in [0.1, 0.15) is 0 Å². The van der Waals surface area contributed by atoms with Crippen LogP contribution in [0.15, 0.2) is 46.7 Å². The summed E-state index contributed by atoms with van der Waals surface area (Å²) in [7, 11) is 0. The van der Waals surface area contributed by atoms with Crippen molar-refractivity contribution in [1.82, 2.24) is 14.5 Å².